The lowest BCUT2D eigenvalue weighted by Crippen LogP contribution is -2.45. The lowest BCUT2D eigenvalue weighted by molar-refractivity contribution is -0.122. The lowest BCUT2D eigenvalue weighted by atomic mass is 9.87. The van der Waals surface area contributed by atoms with Crippen molar-refractivity contribution in [3.8, 4) is 5.88 Å². The molecule has 2 aromatic carbocycles. The first-order chi connectivity index (χ1) is 18.7. The van der Waals surface area contributed by atoms with E-state index in [1.54, 1.807) is 24.3 Å². The highest BCUT2D eigenvalue weighted by Gasteiger charge is 2.37. The molecule has 9 nitrogen and oxygen atoms in total. The maximum absolute atomic E-state index is 13.8. The third kappa shape index (κ3) is 6.46. The summed E-state index contributed by atoms with van der Waals surface area (Å²) in [5.74, 6) is -1.29. The van der Waals surface area contributed by atoms with Gasteiger partial charge in [0, 0.05) is 18.4 Å². The van der Waals surface area contributed by atoms with Gasteiger partial charge in [-0.05, 0) is 47.2 Å². The van der Waals surface area contributed by atoms with Crippen LogP contribution in [0.15, 0.2) is 78.1 Å². The van der Waals surface area contributed by atoms with Crippen LogP contribution in [0, 0.1) is 5.82 Å². The Morgan fingerprint density at radius 3 is 2.54 bits per heavy atom. The monoisotopic (exact) mass is 531 g/mol. The van der Waals surface area contributed by atoms with Crippen LogP contribution in [-0.2, 0) is 16.6 Å². The zero-order valence-corrected chi connectivity index (χ0v) is 22.2. The highest BCUT2D eigenvalue weighted by Crippen LogP contribution is 2.34. The largest absolute Gasteiger partial charge is 0.481 e. The van der Waals surface area contributed by atoms with Gasteiger partial charge in [0.1, 0.15) is 24.4 Å². The number of anilines is 1. The summed E-state index contributed by atoms with van der Waals surface area (Å²) in [7, 11) is 1.42. The molecule has 0 saturated heterocycles. The van der Waals surface area contributed by atoms with E-state index in [1.165, 1.54) is 42.9 Å². The molecule has 0 saturated carbocycles. The van der Waals surface area contributed by atoms with Crippen LogP contribution in [0.25, 0.3) is 0 Å². The van der Waals surface area contributed by atoms with Gasteiger partial charge in [0.05, 0.1) is 12.7 Å². The van der Waals surface area contributed by atoms with Crippen molar-refractivity contribution in [2.45, 2.75) is 38.6 Å². The third-order valence-corrected chi connectivity index (χ3v) is 6.18. The molecule has 0 radical (unpaired) electrons. The average molecular weight is 532 g/mol. The zero-order valence-electron chi connectivity index (χ0n) is 22.2. The van der Waals surface area contributed by atoms with Crippen LogP contribution in [0.3, 0.4) is 0 Å². The Balaban J connectivity index is 1.76. The molecule has 2 amide bonds. The molecule has 1 atom stereocenters. The number of aromatic nitrogens is 3. The molecule has 202 valence electrons. The highest BCUT2D eigenvalue weighted by atomic mass is 19.1. The highest BCUT2D eigenvalue weighted by molar-refractivity contribution is 6.09. The van der Waals surface area contributed by atoms with E-state index in [4.69, 9.17) is 9.15 Å². The van der Waals surface area contributed by atoms with Gasteiger partial charge < -0.3 is 14.5 Å². The summed E-state index contributed by atoms with van der Waals surface area (Å²) < 4.78 is 24.1. The number of carbonyl (C=O) groups excluding carboxylic acids is 2. The first kappa shape index (κ1) is 27.4. The molecule has 10 heteroatoms. The second-order valence-electron chi connectivity index (χ2n) is 9.91. The standard InChI is InChI=1S/C29H30FN5O4/c1-29(2,3)20-8-10-22(11-9-20)35(28(37)24-16-39-18-34-24)25(23-15-31-17-33-27(23)38-4)26(36)32-13-12-19-6-5-7-21(30)14-19/h5-11,14-18,25H,12-13H2,1-4H3,(H,32,36). The first-order valence-electron chi connectivity index (χ1n) is 12.4. The molecule has 0 spiro atoms. The minimum Gasteiger partial charge on any atom is -0.481 e. The molecule has 1 N–H and O–H groups in total. The molecule has 4 aromatic rings. The van der Waals surface area contributed by atoms with Crippen LogP contribution in [0.4, 0.5) is 10.1 Å². The number of methoxy groups -OCH3 is 1. The minimum absolute atomic E-state index is 0.0169. The van der Waals surface area contributed by atoms with Gasteiger partial charge in [-0.3, -0.25) is 14.5 Å². The Morgan fingerprint density at radius 2 is 1.90 bits per heavy atom. The Morgan fingerprint density at radius 1 is 1.13 bits per heavy atom. The summed E-state index contributed by atoms with van der Waals surface area (Å²) in [6.45, 7) is 6.45. The predicted octanol–water partition coefficient (Wildman–Crippen LogP) is 4.66. The van der Waals surface area contributed by atoms with Gasteiger partial charge >= 0.3 is 0 Å². The van der Waals surface area contributed by atoms with Gasteiger partial charge in [0.15, 0.2) is 12.1 Å². The van der Waals surface area contributed by atoms with Gasteiger partial charge in [-0.25, -0.2) is 19.3 Å². The fourth-order valence-corrected chi connectivity index (χ4v) is 4.15. The molecule has 1 unspecified atom stereocenters. The number of halogens is 1. The van der Waals surface area contributed by atoms with E-state index in [0.29, 0.717) is 12.1 Å². The third-order valence-electron chi connectivity index (χ3n) is 6.18. The van der Waals surface area contributed by atoms with E-state index in [9.17, 15) is 14.0 Å². The van der Waals surface area contributed by atoms with Crippen LogP contribution >= 0.6 is 0 Å². The molecule has 0 bridgehead atoms. The quantitative estimate of drug-likeness (QED) is 0.335. The summed E-state index contributed by atoms with van der Waals surface area (Å²) in [5.41, 5.74) is 2.40. The van der Waals surface area contributed by atoms with Crippen molar-refractivity contribution in [1.82, 2.24) is 20.3 Å². The van der Waals surface area contributed by atoms with Gasteiger partial charge in [-0.1, -0.05) is 45.0 Å². The van der Waals surface area contributed by atoms with E-state index in [0.717, 1.165) is 17.5 Å². The average Bonchev–Trinajstić information content (AvgIpc) is 3.46. The number of ether oxygens (including phenoxy) is 1. The Labute approximate surface area is 226 Å². The topological polar surface area (TPSA) is 110 Å². The number of hydrogen-bond donors (Lipinski definition) is 1. The number of benzene rings is 2. The number of amides is 2. The fraction of sp³-hybridized carbons (Fsp3) is 0.276. The van der Waals surface area contributed by atoms with Crippen LogP contribution in [0.1, 0.15) is 54.0 Å². The number of nitrogens with zero attached hydrogens (tertiary/aromatic N) is 4. The number of nitrogens with one attached hydrogen (secondary N) is 1. The van der Waals surface area contributed by atoms with Crippen molar-refractivity contribution in [2.24, 2.45) is 0 Å². The maximum Gasteiger partial charge on any atom is 0.281 e. The van der Waals surface area contributed by atoms with E-state index in [1.807, 2.05) is 12.1 Å². The van der Waals surface area contributed by atoms with E-state index < -0.39 is 17.9 Å². The molecular weight excluding hydrogens is 501 g/mol. The van der Waals surface area contributed by atoms with E-state index >= 15 is 0 Å². The Kier molecular flexibility index (Phi) is 8.33. The fourth-order valence-electron chi connectivity index (χ4n) is 4.15. The van der Waals surface area contributed by atoms with E-state index in [2.05, 4.69) is 41.0 Å². The number of hydrogen-bond acceptors (Lipinski definition) is 7. The molecule has 0 aliphatic heterocycles. The van der Waals surface area contributed by atoms with Gasteiger partial charge in [-0.2, -0.15) is 0 Å². The molecule has 4 rings (SSSR count). The van der Waals surface area contributed by atoms with Gasteiger partial charge in [0.2, 0.25) is 11.8 Å². The van der Waals surface area contributed by atoms with Crippen LogP contribution in [0.2, 0.25) is 0 Å². The van der Waals surface area contributed by atoms with Crippen molar-refractivity contribution in [3.05, 3.63) is 102 Å². The molecule has 0 aliphatic carbocycles. The number of rotatable bonds is 9. The van der Waals surface area contributed by atoms with Crippen molar-refractivity contribution >= 4 is 17.5 Å². The zero-order chi connectivity index (χ0) is 28.0. The van der Waals surface area contributed by atoms with Crippen LogP contribution in [-0.4, -0.2) is 40.4 Å². The number of carbonyl (C=O) groups is 2. The molecule has 2 aromatic heterocycles. The van der Waals surface area contributed by atoms with Crippen molar-refractivity contribution < 1.29 is 23.1 Å². The van der Waals surface area contributed by atoms with Crippen LogP contribution in [0.5, 0.6) is 5.88 Å². The first-order valence-corrected chi connectivity index (χ1v) is 12.4. The molecule has 0 fully saturated rings. The predicted molar refractivity (Wildman–Crippen MR) is 143 cm³/mol. The maximum atomic E-state index is 13.8. The molecular formula is C29H30FN5O4. The summed E-state index contributed by atoms with van der Waals surface area (Å²) in [5, 5.41) is 2.88. The Hall–Kier alpha value is -4.60. The molecule has 2 heterocycles. The van der Waals surface area contributed by atoms with Gasteiger partial charge in [-0.15, -0.1) is 0 Å². The second-order valence-corrected chi connectivity index (χ2v) is 9.91. The lowest BCUT2D eigenvalue weighted by Gasteiger charge is -2.31. The smallest absolute Gasteiger partial charge is 0.281 e. The second kappa shape index (κ2) is 11.8. The van der Waals surface area contributed by atoms with Crippen LogP contribution < -0.4 is 15.0 Å². The van der Waals surface area contributed by atoms with Crippen molar-refractivity contribution in [2.75, 3.05) is 18.6 Å². The number of oxazole rings is 1. The summed E-state index contributed by atoms with van der Waals surface area (Å²) in [6, 6.07) is 12.3. The summed E-state index contributed by atoms with van der Waals surface area (Å²) in [4.78, 5) is 41.3. The molecule has 0 aliphatic rings. The summed E-state index contributed by atoms with van der Waals surface area (Å²) in [6.07, 6.45) is 5.49. The molecule has 39 heavy (non-hydrogen) atoms. The summed E-state index contributed by atoms with van der Waals surface area (Å²) >= 11 is 0. The SMILES string of the molecule is COc1ncncc1C(C(=O)NCCc1cccc(F)c1)N(C(=O)c1cocn1)c1ccc(C(C)(C)C)cc1. The minimum atomic E-state index is -1.22. The Bertz CT molecular complexity index is 1420. The van der Waals surface area contributed by atoms with Gasteiger partial charge in [0.25, 0.3) is 5.91 Å². The normalized spacial score (nSPS) is 12.0. The van der Waals surface area contributed by atoms with E-state index in [-0.39, 0.29) is 34.9 Å². The van der Waals surface area contributed by atoms with Crippen molar-refractivity contribution in [3.63, 3.8) is 0 Å². The van der Waals surface area contributed by atoms with Crippen molar-refractivity contribution in [1.29, 1.82) is 0 Å².